The van der Waals surface area contributed by atoms with Crippen LogP contribution in [0.25, 0.3) is 0 Å². The third kappa shape index (κ3) is 4.91. The number of aliphatic hydroxyl groups is 1. The number of aliphatic hydroxyl groups excluding tert-OH is 1. The lowest BCUT2D eigenvalue weighted by Crippen LogP contribution is -2.20. The Bertz CT molecular complexity index is 619. The summed E-state index contributed by atoms with van der Waals surface area (Å²) in [5.74, 6) is 0.448. The van der Waals surface area contributed by atoms with E-state index in [1.807, 2.05) is 37.3 Å². The molecule has 1 aromatic carbocycles. The van der Waals surface area contributed by atoms with Crippen LogP contribution >= 0.6 is 0 Å². The van der Waals surface area contributed by atoms with Gasteiger partial charge in [-0.1, -0.05) is 30.3 Å². The van der Waals surface area contributed by atoms with Gasteiger partial charge in [0, 0.05) is 12.0 Å². The molecule has 0 radical (unpaired) electrons. The zero-order chi connectivity index (χ0) is 16.7. The Morgan fingerprint density at radius 1 is 1.09 bits per heavy atom. The van der Waals surface area contributed by atoms with Crippen LogP contribution in [-0.2, 0) is 17.8 Å². The second kappa shape index (κ2) is 8.45. The first-order valence-electron chi connectivity index (χ1n) is 7.39. The maximum absolute atomic E-state index is 10.2. The zero-order valence-corrected chi connectivity index (χ0v) is 13.7. The second-order valence-corrected chi connectivity index (χ2v) is 5.15. The Hall–Kier alpha value is -2.18. The fourth-order valence-corrected chi connectivity index (χ4v) is 2.18. The monoisotopic (exact) mass is 318 g/mol. The van der Waals surface area contributed by atoms with Gasteiger partial charge in [-0.25, -0.2) is 0 Å². The average Bonchev–Trinajstić information content (AvgIpc) is 2.57. The Morgan fingerprint density at radius 2 is 1.83 bits per heavy atom. The van der Waals surface area contributed by atoms with Gasteiger partial charge in [-0.15, -0.1) is 0 Å². The molecule has 1 aromatic heterocycles. The Kier molecular flexibility index (Phi) is 6.31. The first-order chi connectivity index (χ1) is 11.1. The second-order valence-electron chi connectivity index (χ2n) is 5.15. The lowest BCUT2D eigenvalue weighted by atomic mass is 10.1. The summed E-state index contributed by atoms with van der Waals surface area (Å²) in [6.07, 6.45) is -0.322. The molecule has 1 atom stereocenters. The topological polar surface area (TPSA) is 73.7 Å². The van der Waals surface area contributed by atoms with Crippen LogP contribution in [0.4, 0.5) is 0 Å². The lowest BCUT2D eigenvalue weighted by molar-refractivity contribution is 0.0282. The van der Waals surface area contributed by atoms with Crippen molar-refractivity contribution in [3.8, 4) is 11.9 Å². The first-order valence-corrected chi connectivity index (χ1v) is 7.39. The standard InChI is InChI=1S/C17H22N2O4/c1-12-15(18-17(22-3)19-16(12)21-2)9-14(20)11-23-10-13-7-5-4-6-8-13/h4-8,14,20H,9-11H2,1-3H3. The summed E-state index contributed by atoms with van der Waals surface area (Å²) >= 11 is 0. The zero-order valence-electron chi connectivity index (χ0n) is 13.7. The molecule has 23 heavy (non-hydrogen) atoms. The molecule has 0 fully saturated rings. The first kappa shape index (κ1) is 17.2. The highest BCUT2D eigenvalue weighted by Crippen LogP contribution is 2.21. The van der Waals surface area contributed by atoms with Gasteiger partial charge in [0.1, 0.15) is 0 Å². The number of aromatic nitrogens is 2. The van der Waals surface area contributed by atoms with Crippen molar-refractivity contribution >= 4 is 0 Å². The van der Waals surface area contributed by atoms with E-state index in [-0.39, 0.29) is 12.6 Å². The number of ether oxygens (including phenoxy) is 3. The van der Waals surface area contributed by atoms with Crippen LogP contribution in [0.15, 0.2) is 30.3 Å². The molecule has 0 bridgehead atoms. The summed E-state index contributed by atoms with van der Waals surface area (Å²) in [5, 5.41) is 10.2. The largest absolute Gasteiger partial charge is 0.481 e. The van der Waals surface area contributed by atoms with E-state index in [0.29, 0.717) is 24.6 Å². The van der Waals surface area contributed by atoms with E-state index in [1.54, 1.807) is 0 Å². The highest BCUT2D eigenvalue weighted by molar-refractivity contribution is 5.31. The minimum Gasteiger partial charge on any atom is -0.481 e. The summed E-state index contributed by atoms with van der Waals surface area (Å²) in [5.41, 5.74) is 2.54. The fourth-order valence-electron chi connectivity index (χ4n) is 2.18. The van der Waals surface area contributed by atoms with E-state index < -0.39 is 6.10 Å². The fraction of sp³-hybridized carbons (Fsp3) is 0.412. The molecule has 0 aliphatic heterocycles. The number of benzene rings is 1. The number of nitrogens with zero attached hydrogens (tertiary/aromatic N) is 2. The molecule has 2 rings (SSSR count). The molecule has 124 valence electrons. The quantitative estimate of drug-likeness (QED) is 0.801. The highest BCUT2D eigenvalue weighted by Gasteiger charge is 2.15. The molecule has 1 unspecified atom stereocenters. The van der Waals surface area contributed by atoms with Gasteiger partial charge in [-0.05, 0) is 12.5 Å². The predicted molar refractivity (Wildman–Crippen MR) is 85.7 cm³/mol. The summed E-state index contributed by atoms with van der Waals surface area (Å²) < 4.78 is 15.8. The van der Waals surface area contributed by atoms with Crippen molar-refractivity contribution in [3.63, 3.8) is 0 Å². The van der Waals surface area contributed by atoms with Crippen molar-refractivity contribution in [2.24, 2.45) is 0 Å². The summed E-state index contributed by atoms with van der Waals surface area (Å²) in [6, 6.07) is 10.1. The molecule has 0 spiro atoms. The summed E-state index contributed by atoms with van der Waals surface area (Å²) in [7, 11) is 3.03. The Labute approximate surface area is 136 Å². The van der Waals surface area contributed by atoms with Crippen molar-refractivity contribution in [1.29, 1.82) is 0 Å². The van der Waals surface area contributed by atoms with Gasteiger partial charge >= 0.3 is 6.01 Å². The van der Waals surface area contributed by atoms with Crippen LogP contribution in [-0.4, -0.2) is 42.0 Å². The molecule has 1 N–H and O–H groups in total. The van der Waals surface area contributed by atoms with Crippen LogP contribution in [0.3, 0.4) is 0 Å². The van der Waals surface area contributed by atoms with Gasteiger partial charge in [-0.2, -0.15) is 9.97 Å². The molecule has 2 aromatic rings. The van der Waals surface area contributed by atoms with E-state index in [1.165, 1.54) is 14.2 Å². The van der Waals surface area contributed by atoms with Crippen molar-refractivity contribution in [1.82, 2.24) is 9.97 Å². The van der Waals surface area contributed by atoms with E-state index in [9.17, 15) is 5.11 Å². The van der Waals surface area contributed by atoms with Gasteiger partial charge in [0.05, 0.1) is 39.2 Å². The van der Waals surface area contributed by atoms with Crippen LogP contribution in [0.1, 0.15) is 16.8 Å². The summed E-state index contributed by atoms with van der Waals surface area (Å²) in [4.78, 5) is 8.39. The lowest BCUT2D eigenvalue weighted by Gasteiger charge is -2.14. The molecule has 0 amide bonds. The van der Waals surface area contributed by atoms with Crippen molar-refractivity contribution in [3.05, 3.63) is 47.2 Å². The maximum atomic E-state index is 10.2. The number of methoxy groups -OCH3 is 2. The van der Waals surface area contributed by atoms with E-state index in [2.05, 4.69) is 9.97 Å². The molecule has 1 heterocycles. The third-order valence-corrected chi connectivity index (χ3v) is 3.41. The molecule has 0 aliphatic carbocycles. The van der Waals surface area contributed by atoms with E-state index in [4.69, 9.17) is 14.2 Å². The van der Waals surface area contributed by atoms with Gasteiger partial charge in [0.15, 0.2) is 0 Å². The van der Waals surface area contributed by atoms with Crippen molar-refractivity contribution < 1.29 is 19.3 Å². The normalized spacial score (nSPS) is 12.0. The number of hydrogen-bond donors (Lipinski definition) is 1. The van der Waals surface area contributed by atoms with Gasteiger partial charge < -0.3 is 19.3 Å². The van der Waals surface area contributed by atoms with E-state index >= 15 is 0 Å². The molecular formula is C17H22N2O4. The van der Waals surface area contributed by atoms with Crippen LogP contribution in [0.2, 0.25) is 0 Å². The Balaban J connectivity index is 1.93. The molecule has 0 aliphatic rings. The molecule has 6 nitrogen and oxygen atoms in total. The van der Waals surface area contributed by atoms with Gasteiger partial charge in [0.25, 0.3) is 0 Å². The molecular weight excluding hydrogens is 296 g/mol. The van der Waals surface area contributed by atoms with Crippen LogP contribution < -0.4 is 9.47 Å². The SMILES string of the molecule is COc1nc(CC(O)COCc2ccccc2)c(C)c(OC)n1. The Morgan fingerprint density at radius 3 is 2.48 bits per heavy atom. The van der Waals surface area contributed by atoms with Crippen LogP contribution in [0.5, 0.6) is 11.9 Å². The van der Waals surface area contributed by atoms with Crippen molar-refractivity contribution in [2.45, 2.75) is 26.1 Å². The average molecular weight is 318 g/mol. The third-order valence-electron chi connectivity index (χ3n) is 3.41. The molecule has 0 saturated heterocycles. The smallest absolute Gasteiger partial charge is 0.319 e. The minimum absolute atomic E-state index is 0.222. The van der Waals surface area contributed by atoms with Gasteiger partial charge in [-0.3, -0.25) is 0 Å². The maximum Gasteiger partial charge on any atom is 0.319 e. The van der Waals surface area contributed by atoms with Crippen molar-refractivity contribution in [2.75, 3.05) is 20.8 Å². The van der Waals surface area contributed by atoms with Gasteiger partial charge in [0.2, 0.25) is 5.88 Å². The summed E-state index contributed by atoms with van der Waals surface area (Å²) in [6.45, 7) is 2.54. The van der Waals surface area contributed by atoms with Crippen LogP contribution in [0, 0.1) is 6.92 Å². The minimum atomic E-state index is -0.665. The molecule has 6 heteroatoms. The van der Waals surface area contributed by atoms with E-state index in [0.717, 1.165) is 11.1 Å². The molecule has 0 saturated carbocycles. The number of hydrogen-bond acceptors (Lipinski definition) is 6. The number of rotatable bonds is 8. The predicted octanol–water partition coefficient (Wildman–Crippen LogP) is 1.92. The highest BCUT2D eigenvalue weighted by atomic mass is 16.5.